The average Bonchev–Trinajstić information content (AvgIpc) is 2.48. The molecule has 0 saturated carbocycles. The van der Waals surface area contributed by atoms with Crippen LogP contribution in [0.15, 0.2) is 30.3 Å². The fourth-order valence-electron chi connectivity index (χ4n) is 2.66. The molecule has 0 aromatic heterocycles. The van der Waals surface area contributed by atoms with Gasteiger partial charge in [-0.25, -0.2) is 0 Å². The Morgan fingerprint density at radius 1 is 1.45 bits per heavy atom. The summed E-state index contributed by atoms with van der Waals surface area (Å²) in [5.41, 5.74) is 7.18. The lowest BCUT2D eigenvalue weighted by atomic mass is 9.96. The number of nitrogens with zero attached hydrogens (tertiary/aromatic N) is 1. The molecular weight excluding hydrogens is 252 g/mol. The van der Waals surface area contributed by atoms with Crippen LogP contribution in [0, 0.1) is 5.92 Å². The van der Waals surface area contributed by atoms with E-state index in [0.717, 1.165) is 5.56 Å². The van der Waals surface area contributed by atoms with Crippen molar-refractivity contribution in [1.29, 1.82) is 0 Å². The molecule has 0 radical (unpaired) electrons. The maximum Gasteiger partial charge on any atom is 0.222 e. The zero-order valence-electron chi connectivity index (χ0n) is 12.0. The summed E-state index contributed by atoms with van der Waals surface area (Å²) >= 11 is 0. The van der Waals surface area contributed by atoms with Crippen molar-refractivity contribution in [3.63, 3.8) is 0 Å². The Morgan fingerprint density at radius 3 is 2.80 bits per heavy atom. The van der Waals surface area contributed by atoms with E-state index in [9.17, 15) is 9.90 Å². The number of likely N-dealkylation sites (tertiary alicyclic amines) is 1. The van der Waals surface area contributed by atoms with Crippen LogP contribution in [0.5, 0.6) is 0 Å². The molecule has 1 aliphatic heterocycles. The number of aliphatic hydroxyl groups excluding tert-OH is 1. The smallest absolute Gasteiger partial charge is 0.222 e. The fraction of sp³-hybridized carbons (Fsp3) is 0.562. The van der Waals surface area contributed by atoms with Crippen molar-refractivity contribution in [3.05, 3.63) is 35.9 Å². The Hall–Kier alpha value is -1.39. The predicted octanol–water partition coefficient (Wildman–Crippen LogP) is 1.70. The third-order valence-corrected chi connectivity index (χ3v) is 4.11. The lowest BCUT2D eigenvalue weighted by molar-refractivity contribution is -0.134. The lowest BCUT2D eigenvalue weighted by Crippen LogP contribution is -2.45. The van der Waals surface area contributed by atoms with E-state index in [2.05, 4.69) is 0 Å². The molecule has 1 saturated heterocycles. The first-order valence-electron chi connectivity index (χ1n) is 7.34. The monoisotopic (exact) mass is 276 g/mol. The molecule has 0 spiro atoms. The predicted molar refractivity (Wildman–Crippen MR) is 79.0 cm³/mol. The van der Waals surface area contributed by atoms with Gasteiger partial charge in [-0.15, -0.1) is 0 Å². The van der Waals surface area contributed by atoms with Crippen molar-refractivity contribution in [1.82, 2.24) is 4.90 Å². The van der Waals surface area contributed by atoms with Crippen molar-refractivity contribution < 1.29 is 9.90 Å². The highest BCUT2D eigenvalue weighted by atomic mass is 16.3. The number of piperidine rings is 1. The minimum atomic E-state index is -0.273. The Kier molecular flexibility index (Phi) is 5.15. The second-order valence-electron chi connectivity index (χ2n) is 5.73. The van der Waals surface area contributed by atoms with E-state index in [1.165, 1.54) is 0 Å². The van der Waals surface area contributed by atoms with Crippen LogP contribution in [0.2, 0.25) is 0 Å². The number of rotatable bonds is 4. The Morgan fingerprint density at radius 2 is 2.15 bits per heavy atom. The first-order chi connectivity index (χ1) is 9.58. The van der Waals surface area contributed by atoms with Gasteiger partial charge in [0, 0.05) is 25.6 Å². The second kappa shape index (κ2) is 6.86. The first-order valence-corrected chi connectivity index (χ1v) is 7.34. The van der Waals surface area contributed by atoms with Gasteiger partial charge >= 0.3 is 0 Å². The van der Waals surface area contributed by atoms with Crippen LogP contribution >= 0.6 is 0 Å². The fourth-order valence-corrected chi connectivity index (χ4v) is 2.66. The van der Waals surface area contributed by atoms with E-state index in [1.807, 2.05) is 42.2 Å². The average molecular weight is 276 g/mol. The van der Waals surface area contributed by atoms with Gasteiger partial charge in [-0.1, -0.05) is 37.3 Å². The molecule has 2 rings (SSSR count). The van der Waals surface area contributed by atoms with Crippen molar-refractivity contribution in [3.8, 4) is 0 Å². The molecule has 20 heavy (non-hydrogen) atoms. The molecule has 1 aromatic carbocycles. The Balaban J connectivity index is 1.80. The molecule has 1 aromatic rings. The number of nitrogens with two attached hydrogens (primary N) is 1. The molecule has 1 aliphatic rings. The SMILES string of the molecule is CC1CN(C(=O)CCC(N)c2ccccc2)CCC1O. The van der Waals surface area contributed by atoms with E-state index >= 15 is 0 Å². The van der Waals surface area contributed by atoms with Gasteiger partial charge in [-0.05, 0) is 24.3 Å². The third-order valence-electron chi connectivity index (χ3n) is 4.11. The summed E-state index contributed by atoms with van der Waals surface area (Å²) in [6.45, 7) is 3.30. The molecule has 1 fully saturated rings. The largest absolute Gasteiger partial charge is 0.393 e. The minimum absolute atomic E-state index is 0.0899. The van der Waals surface area contributed by atoms with E-state index in [1.54, 1.807) is 0 Å². The molecule has 4 nitrogen and oxygen atoms in total. The minimum Gasteiger partial charge on any atom is -0.393 e. The van der Waals surface area contributed by atoms with Gasteiger partial charge in [0.1, 0.15) is 0 Å². The maximum absolute atomic E-state index is 12.2. The summed E-state index contributed by atoms with van der Waals surface area (Å²) in [5, 5.41) is 9.69. The summed E-state index contributed by atoms with van der Waals surface area (Å²) in [6, 6.07) is 9.79. The number of carbonyl (C=O) groups excluding carboxylic acids is 1. The highest BCUT2D eigenvalue weighted by Gasteiger charge is 2.27. The van der Waals surface area contributed by atoms with Crippen LogP contribution in [0.1, 0.15) is 37.8 Å². The van der Waals surface area contributed by atoms with Gasteiger partial charge in [0.15, 0.2) is 0 Å². The van der Waals surface area contributed by atoms with E-state index in [0.29, 0.717) is 32.4 Å². The van der Waals surface area contributed by atoms with Gasteiger partial charge < -0.3 is 15.7 Å². The highest BCUT2D eigenvalue weighted by molar-refractivity contribution is 5.76. The van der Waals surface area contributed by atoms with Crippen LogP contribution in [-0.2, 0) is 4.79 Å². The summed E-state index contributed by atoms with van der Waals surface area (Å²) in [7, 11) is 0. The van der Waals surface area contributed by atoms with Crippen LogP contribution in [0.3, 0.4) is 0 Å². The number of amides is 1. The number of benzene rings is 1. The number of aliphatic hydroxyl groups is 1. The molecule has 0 aliphatic carbocycles. The Bertz CT molecular complexity index is 435. The third kappa shape index (κ3) is 3.81. The zero-order chi connectivity index (χ0) is 14.5. The quantitative estimate of drug-likeness (QED) is 0.879. The summed E-state index contributed by atoms with van der Waals surface area (Å²) in [5.74, 6) is 0.311. The maximum atomic E-state index is 12.2. The topological polar surface area (TPSA) is 66.6 Å². The molecule has 3 N–H and O–H groups in total. The van der Waals surface area contributed by atoms with Gasteiger partial charge in [0.25, 0.3) is 0 Å². The molecule has 3 unspecified atom stereocenters. The van der Waals surface area contributed by atoms with Gasteiger partial charge in [-0.3, -0.25) is 4.79 Å². The highest BCUT2D eigenvalue weighted by Crippen LogP contribution is 2.20. The summed E-state index contributed by atoms with van der Waals surface area (Å²) < 4.78 is 0. The number of hydrogen-bond donors (Lipinski definition) is 2. The molecule has 110 valence electrons. The van der Waals surface area contributed by atoms with E-state index < -0.39 is 0 Å². The second-order valence-corrected chi connectivity index (χ2v) is 5.73. The van der Waals surface area contributed by atoms with Crippen molar-refractivity contribution >= 4 is 5.91 Å². The van der Waals surface area contributed by atoms with Crippen molar-refractivity contribution in [2.75, 3.05) is 13.1 Å². The summed E-state index contributed by atoms with van der Waals surface area (Å²) in [4.78, 5) is 14.0. The van der Waals surface area contributed by atoms with E-state index in [4.69, 9.17) is 5.73 Å². The standard InChI is InChI=1S/C16H24N2O2/c1-12-11-18(10-9-15(12)19)16(20)8-7-14(17)13-5-3-2-4-6-13/h2-6,12,14-15,19H,7-11,17H2,1H3. The van der Waals surface area contributed by atoms with Gasteiger partial charge in [0.05, 0.1) is 6.10 Å². The lowest BCUT2D eigenvalue weighted by Gasteiger charge is -2.34. The van der Waals surface area contributed by atoms with Crippen LogP contribution in [0.4, 0.5) is 0 Å². The zero-order valence-corrected chi connectivity index (χ0v) is 12.0. The van der Waals surface area contributed by atoms with Crippen molar-refractivity contribution in [2.24, 2.45) is 11.7 Å². The van der Waals surface area contributed by atoms with Crippen molar-refractivity contribution in [2.45, 2.75) is 38.3 Å². The van der Waals surface area contributed by atoms with Gasteiger partial charge in [0.2, 0.25) is 5.91 Å². The van der Waals surface area contributed by atoms with E-state index in [-0.39, 0.29) is 24.0 Å². The van der Waals surface area contributed by atoms with Crippen LogP contribution < -0.4 is 5.73 Å². The molecule has 1 heterocycles. The van der Waals surface area contributed by atoms with Gasteiger partial charge in [-0.2, -0.15) is 0 Å². The number of carbonyl (C=O) groups is 1. The summed E-state index contributed by atoms with van der Waals surface area (Å²) in [6.07, 6.45) is 1.54. The van der Waals surface area contributed by atoms with Crippen LogP contribution in [0.25, 0.3) is 0 Å². The molecule has 3 atom stereocenters. The Labute approximate surface area is 120 Å². The van der Waals surface area contributed by atoms with Crippen LogP contribution in [-0.4, -0.2) is 35.1 Å². The molecular formula is C16H24N2O2. The molecule has 0 bridgehead atoms. The normalized spacial score (nSPS) is 24.4. The molecule has 1 amide bonds. The first kappa shape index (κ1) is 15.0. The number of hydrogen-bond acceptors (Lipinski definition) is 3. The molecule has 4 heteroatoms.